The second-order valence-electron chi connectivity index (χ2n) is 10.6. The van der Waals surface area contributed by atoms with E-state index >= 15 is 0 Å². The molecule has 2 amide bonds. The topological polar surface area (TPSA) is 99.2 Å². The second-order valence-corrected chi connectivity index (χ2v) is 12.5. The Bertz CT molecular complexity index is 1530. The molecule has 0 aliphatic carbocycles. The third-order valence-corrected chi connectivity index (χ3v) is 9.41. The molecule has 42 heavy (non-hydrogen) atoms. The van der Waals surface area contributed by atoms with Crippen LogP contribution in [0, 0.1) is 12.8 Å². The fourth-order valence-corrected chi connectivity index (χ4v) is 6.65. The van der Waals surface area contributed by atoms with E-state index in [9.17, 15) is 31.5 Å². The maximum absolute atomic E-state index is 13.8. The molecule has 3 aromatic rings. The van der Waals surface area contributed by atoms with Crippen molar-refractivity contribution in [2.24, 2.45) is 5.92 Å². The molecule has 1 aliphatic rings. The number of fused-ring (bicyclic) bond motifs is 1. The zero-order chi connectivity index (χ0) is 30.8. The number of anilines is 1. The number of sulfonamides is 1. The van der Waals surface area contributed by atoms with E-state index in [1.807, 2.05) is 31.2 Å². The van der Waals surface area contributed by atoms with Gasteiger partial charge in [0.15, 0.2) is 0 Å². The molecule has 4 rings (SSSR count). The Kier molecular flexibility index (Phi) is 9.19. The number of aliphatic hydroxyl groups excluding tert-OH is 1. The number of carbonyl (C=O) groups excluding carboxylic acids is 1. The maximum atomic E-state index is 13.8. The summed E-state index contributed by atoms with van der Waals surface area (Å²) in [4.78, 5) is 14.3. The van der Waals surface area contributed by atoms with Crippen LogP contribution in [0.25, 0.3) is 11.1 Å². The monoisotopic (exact) mass is 605 g/mol. The van der Waals surface area contributed by atoms with E-state index in [-0.39, 0.29) is 36.0 Å². The molecule has 1 aliphatic heterocycles. The number of urea groups is 1. The van der Waals surface area contributed by atoms with Crippen molar-refractivity contribution in [3.8, 4) is 16.9 Å². The third-order valence-electron chi connectivity index (χ3n) is 7.39. The Hall–Kier alpha value is -3.61. The average Bonchev–Trinajstić information content (AvgIpc) is 2.94. The van der Waals surface area contributed by atoms with E-state index in [1.165, 1.54) is 34.5 Å². The molecule has 0 saturated carbocycles. The van der Waals surface area contributed by atoms with Crippen LogP contribution in [0.5, 0.6) is 5.75 Å². The minimum atomic E-state index is -4.49. The number of carbonyl (C=O) groups is 1. The van der Waals surface area contributed by atoms with Gasteiger partial charge < -0.3 is 20.1 Å². The highest BCUT2D eigenvalue weighted by atomic mass is 32.2. The normalized spacial score (nSPS) is 19.5. The van der Waals surface area contributed by atoms with Crippen molar-refractivity contribution in [3.05, 3.63) is 77.9 Å². The smallest absolute Gasteiger partial charge is 0.416 e. The van der Waals surface area contributed by atoms with E-state index in [0.29, 0.717) is 0 Å². The van der Waals surface area contributed by atoms with Gasteiger partial charge in [-0.2, -0.15) is 17.5 Å². The van der Waals surface area contributed by atoms with Crippen molar-refractivity contribution in [2.45, 2.75) is 44.0 Å². The molecule has 2 N–H and O–H groups in total. The third kappa shape index (κ3) is 6.71. The molecular weight excluding hydrogens is 571 g/mol. The summed E-state index contributed by atoms with van der Waals surface area (Å²) in [6, 6.07) is 15.4. The molecule has 0 aromatic heterocycles. The van der Waals surface area contributed by atoms with E-state index < -0.39 is 45.9 Å². The molecule has 226 valence electrons. The van der Waals surface area contributed by atoms with Gasteiger partial charge in [0, 0.05) is 31.2 Å². The molecule has 0 unspecified atom stereocenters. The number of ether oxygens (including phenoxy) is 1. The SMILES string of the molecule is Cc1ccccc1-c1ccc2c(c1)O[C@@H](CN(C)C(=O)Nc1ccc(C(F)(F)F)cc1)[C@@H](C)CN([C@H](C)CO)S2(=O)=O. The average molecular weight is 606 g/mol. The van der Waals surface area contributed by atoms with Gasteiger partial charge in [-0.05, 0) is 66.9 Å². The fraction of sp³-hybridized carbons (Fsp3) is 0.367. The summed E-state index contributed by atoms with van der Waals surface area (Å²) in [5, 5.41) is 12.4. The predicted molar refractivity (Wildman–Crippen MR) is 154 cm³/mol. The van der Waals surface area contributed by atoms with E-state index in [0.717, 1.165) is 28.8 Å². The summed E-state index contributed by atoms with van der Waals surface area (Å²) >= 11 is 0. The molecule has 8 nitrogen and oxygen atoms in total. The summed E-state index contributed by atoms with van der Waals surface area (Å²) in [6.07, 6.45) is -5.15. The van der Waals surface area contributed by atoms with Gasteiger partial charge in [-0.1, -0.05) is 37.3 Å². The number of nitrogens with zero attached hydrogens (tertiary/aromatic N) is 2. The van der Waals surface area contributed by atoms with Gasteiger partial charge in [-0.25, -0.2) is 13.2 Å². The number of rotatable bonds is 6. The lowest BCUT2D eigenvalue weighted by atomic mass is 10.00. The highest BCUT2D eigenvalue weighted by Gasteiger charge is 2.38. The number of amides is 2. The first-order valence-corrected chi connectivity index (χ1v) is 14.8. The predicted octanol–water partition coefficient (Wildman–Crippen LogP) is 5.61. The van der Waals surface area contributed by atoms with Crippen LogP contribution >= 0.6 is 0 Å². The fourth-order valence-electron chi connectivity index (χ4n) is 4.82. The van der Waals surface area contributed by atoms with Crippen LogP contribution < -0.4 is 10.1 Å². The van der Waals surface area contributed by atoms with Crippen LogP contribution in [0.3, 0.4) is 0 Å². The molecule has 0 spiro atoms. The minimum absolute atomic E-state index is 0.0298. The van der Waals surface area contributed by atoms with Gasteiger partial charge in [-0.3, -0.25) is 0 Å². The summed E-state index contributed by atoms with van der Waals surface area (Å²) in [5.41, 5.74) is 2.01. The van der Waals surface area contributed by atoms with Gasteiger partial charge in [0.1, 0.15) is 16.7 Å². The maximum Gasteiger partial charge on any atom is 0.416 e. The molecule has 12 heteroatoms. The summed E-state index contributed by atoms with van der Waals surface area (Å²) in [5.74, 6) is -0.288. The van der Waals surface area contributed by atoms with Gasteiger partial charge >= 0.3 is 12.2 Å². The first-order valence-electron chi connectivity index (χ1n) is 13.4. The first-order chi connectivity index (χ1) is 19.7. The van der Waals surface area contributed by atoms with E-state index in [1.54, 1.807) is 26.0 Å². The van der Waals surface area contributed by atoms with Crippen LogP contribution in [0.4, 0.5) is 23.7 Å². The molecule has 0 radical (unpaired) electrons. The molecule has 0 saturated heterocycles. The lowest BCUT2D eigenvalue weighted by molar-refractivity contribution is -0.137. The molecule has 0 fully saturated rings. The Balaban J connectivity index is 1.65. The molecular formula is C30H34F3N3O5S. The Morgan fingerprint density at radius 1 is 1.14 bits per heavy atom. The summed E-state index contributed by atoms with van der Waals surface area (Å²) in [7, 11) is -2.53. The summed E-state index contributed by atoms with van der Waals surface area (Å²) < 4.78 is 73.8. The van der Waals surface area contributed by atoms with Gasteiger partial charge in [0.2, 0.25) is 10.0 Å². The molecule has 3 aromatic carbocycles. The van der Waals surface area contributed by atoms with Gasteiger partial charge in [0.25, 0.3) is 0 Å². The van der Waals surface area contributed by atoms with E-state index in [2.05, 4.69) is 5.32 Å². The number of hydrogen-bond donors (Lipinski definition) is 2. The lowest BCUT2D eigenvalue weighted by Gasteiger charge is -2.37. The van der Waals surface area contributed by atoms with Crippen molar-refractivity contribution in [1.29, 1.82) is 0 Å². The lowest BCUT2D eigenvalue weighted by Crippen LogP contribution is -2.50. The Morgan fingerprint density at radius 3 is 2.43 bits per heavy atom. The highest BCUT2D eigenvalue weighted by molar-refractivity contribution is 7.89. The number of likely N-dealkylation sites (N-methyl/N-ethyl adjacent to an activating group) is 1. The quantitative estimate of drug-likeness (QED) is 0.381. The van der Waals surface area contributed by atoms with Crippen LogP contribution in [-0.2, 0) is 16.2 Å². The number of nitrogens with one attached hydrogen (secondary N) is 1. The number of hydrogen-bond acceptors (Lipinski definition) is 5. The largest absolute Gasteiger partial charge is 0.487 e. The molecule has 1 heterocycles. The Morgan fingerprint density at radius 2 is 1.81 bits per heavy atom. The van der Waals surface area contributed by atoms with Crippen molar-refractivity contribution in [2.75, 3.05) is 32.1 Å². The zero-order valence-corrected chi connectivity index (χ0v) is 24.5. The zero-order valence-electron chi connectivity index (χ0n) is 23.7. The van der Waals surface area contributed by atoms with E-state index in [4.69, 9.17) is 4.74 Å². The number of halogens is 3. The molecule has 3 atom stereocenters. The van der Waals surface area contributed by atoms with Crippen LogP contribution in [0.2, 0.25) is 0 Å². The number of aryl methyl sites for hydroxylation is 1. The van der Waals surface area contributed by atoms with Crippen molar-refractivity contribution in [3.63, 3.8) is 0 Å². The minimum Gasteiger partial charge on any atom is -0.487 e. The van der Waals surface area contributed by atoms with Crippen LogP contribution in [-0.4, -0.2) is 67.7 Å². The number of aliphatic hydroxyl groups is 1. The van der Waals surface area contributed by atoms with Gasteiger partial charge in [-0.15, -0.1) is 0 Å². The number of benzene rings is 3. The Labute approximate surface area is 243 Å². The summed E-state index contributed by atoms with van der Waals surface area (Å²) in [6.45, 7) is 5.06. The number of alkyl halides is 3. The van der Waals surface area contributed by atoms with Crippen LogP contribution in [0.1, 0.15) is 25.0 Å². The van der Waals surface area contributed by atoms with Crippen molar-refractivity contribution < 1.29 is 36.2 Å². The standard InChI is InChI=1S/C30H34F3N3O5S/c1-19-7-5-6-8-25(19)22-9-14-28-26(15-22)41-27(20(2)16-36(21(3)18-37)42(28,39)40)17-35(4)29(38)34-24-12-10-23(11-13-24)30(31,32)33/h5-15,20-21,27,37H,16-18H2,1-4H3,(H,34,38)/t20-,21+,27-/m0/s1. The molecule has 0 bridgehead atoms. The van der Waals surface area contributed by atoms with Crippen molar-refractivity contribution >= 4 is 21.7 Å². The van der Waals surface area contributed by atoms with Crippen molar-refractivity contribution in [1.82, 2.24) is 9.21 Å². The second kappa shape index (κ2) is 12.3. The van der Waals surface area contributed by atoms with Crippen LogP contribution in [0.15, 0.2) is 71.6 Å². The van der Waals surface area contributed by atoms with Gasteiger partial charge in [0.05, 0.1) is 18.7 Å². The first kappa shape index (κ1) is 31.3. The highest BCUT2D eigenvalue weighted by Crippen LogP contribution is 2.37.